The Hall–Kier alpha value is -2.32. The van der Waals surface area contributed by atoms with Crippen LogP contribution in [-0.2, 0) is 26.8 Å². The second-order valence-corrected chi connectivity index (χ2v) is 9.79. The molecule has 6 nitrogen and oxygen atoms in total. The quantitative estimate of drug-likeness (QED) is 0.682. The van der Waals surface area contributed by atoms with Crippen molar-refractivity contribution in [3.8, 4) is 5.75 Å². The van der Waals surface area contributed by atoms with Gasteiger partial charge in [-0.25, -0.2) is 12.8 Å². The molecule has 158 valence electrons. The average Bonchev–Trinajstić information content (AvgIpc) is 2.56. The second kappa shape index (κ2) is 9.00. The summed E-state index contributed by atoms with van der Waals surface area (Å²) in [6.45, 7) is 5.83. The maximum atomic E-state index is 14.1. The van der Waals surface area contributed by atoms with Crippen molar-refractivity contribution >= 4 is 33.2 Å². The van der Waals surface area contributed by atoms with E-state index in [1.807, 2.05) is 26.8 Å². The summed E-state index contributed by atoms with van der Waals surface area (Å²) in [5.41, 5.74) is 1.19. The molecule has 1 amide bonds. The highest BCUT2D eigenvalue weighted by molar-refractivity contribution is 7.92. The predicted molar refractivity (Wildman–Crippen MR) is 112 cm³/mol. The smallest absolute Gasteiger partial charge is 0.258 e. The van der Waals surface area contributed by atoms with Crippen LogP contribution in [0.1, 0.15) is 31.9 Å². The van der Waals surface area contributed by atoms with E-state index in [9.17, 15) is 17.6 Å². The molecule has 2 N–H and O–H groups in total. The zero-order valence-corrected chi connectivity index (χ0v) is 18.2. The van der Waals surface area contributed by atoms with Gasteiger partial charge in [-0.3, -0.25) is 9.52 Å². The van der Waals surface area contributed by atoms with Gasteiger partial charge < -0.3 is 10.1 Å². The van der Waals surface area contributed by atoms with Crippen LogP contribution in [0.4, 0.5) is 10.1 Å². The fourth-order valence-corrected chi connectivity index (χ4v) is 3.56. The summed E-state index contributed by atoms with van der Waals surface area (Å²) in [6, 6.07) is 9.13. The van der Waals surface area contributed by atoms with Gasteiger partial charge in [0, 0.05) is 17.1 Å². The Morgan fingerprint density at radius 2 is 1.86 bits per heavy atom. The predicted octanol–water partition coefficient (Wildman–Crippen LogP) is 3.84. The number of hydrogen-bond donors (Lipinski definition) is 2. The normalized spacial score (nSPS) is 11.8. The van der Waals surface area contributed by atoms with E-state index < -0.39 is 21.7 Å². The molecule has 0 saturated carbocycles. The highest BCUT2D eigenvalue weighted by atomic mass is 35.5. The molecule has 2 aromatic rings. The number of carbonyl (C=O) groups excluding carboxylic acids is 1. The van der Waals surface area contributed by atoms with E-state index in [1.54, 1.807) is 12.1 Å². The Morgan fingerprint density at radius 1 is 1.17 bits per heavy atom. The Morgan fingerprint density at radius 3 is 2.41 bits per heavy atom. The summed E-state index contributed by atoms with van der Waals surface area (Å²) in [6.07, 6.45) is 0.975. The Bertz CT molecular complexity index is 1000. The van der Waals surface area contributed by atoms with E-state index in [0.29, 0.717) is 10.8 Å². The third-order valence-electron chi connectivity index (χ3n) is 3.95. The van der Waals surface area contributed by atoms with Crippen LogP contribution in [0.15, 0.2) is 36.4 Å². The molecular weight excluding hydrogens is 419 g/mol. The molecule has 0 spiro atoms. The zero-order chi connectivity index (χ0) is 21.8. The first-order valence-electron chi connectivity index (χ1n) is 8.81. The fourth-order valence-electron chi connectivity index (χ4n) is 2.56. The van der Waals surface area contributed by atoms with Gasteiger partial charge in [0.05, 0.1) is 11.9 Å². The minimum Gasteiger partial charge on any atom is -0.484 e. The van der Waals surface area contributed by atoms with Crippen molar-refractivity contribution in [2.45, 2.75) is 32.7 Å². The van der Waals surface area contributed by atoms with Crippen molar-refractivity contribution in [1.82, 2.24) is 5.32 Å². The van der Waals surface area contributed by atoms with E-state index in [0.717, 1.165) is 17.9 Å². The third kappa shape index (κ3) is 7.21. The maximum Gasteiger partial charge on any atom is 0.258 e. The lowest BCUT2D eigenvalue weighted by Crippen LogP contribution is -2.28. The highest BCUT2D eigenvalue weighted by Crippen LogP contribution is 2.32. The number of hydrogen-bond acceptors (Lipinski definition) is 4. The van der Waals surface area contributed by atoms with Gasteiger partial charge in [-0.2, -0.15) is 0 Å². The summed E-state index contributed by atoms with van der Waals surface area (Å²) in [5.74, 6) is -0.608. The van der Waals surface area contributed by atoms with Crippen LogP contribution < -0.4 is 14.8 Å². The Kier molecular flexibility index (Phi) is 7.13. The first kappa shape index (κ1) is 23.0. The molecule has 0 radical (unpaired) electrons. The third-order valence-corrected chi connectivity index (χ3v) is 4.87. The summed E-state index contributed by atoms with van der Waals surface area (Å²) in [4.78, 5) is 12.0. The number of benzene rings is 2. The van der Waals surface area contributed by atoms with Gasteiger partial charge in [-0.05, 0) is 35.2 Å². The van der Waals surface area contributed by atoms with Crippen molar-refractivity contribution in [2.75, 3.05) is 17.6 Å². The van der Waals surface area contributed by atoms with Gasteiger partial charge in [0.25, 0.3) is 5.91 Å². The van der Waals surface area contributed by atoms with Gasteiger partial charge in [-0.15, -0.1) is 0 Å². The molecule has 29 heavy (non-hydrogen) atoms. The Labute approximate surface area is 175 Å². The number of sulfonamides is 1. The fraction of sp³-hybridized carbons (Fsp3) is 0.350. The standard InChI is InChI=1S/C20H24ClFN2O4S/c1-20(2,3)16-8-7-15(10-17(16)21)28-12-19(25)23-11-13-5-6-14(9-18(13)22)24-29(4,26)27/h5-10,24H,11-12H2,1-4H3,(H,23,25). The number of ether oxygens (including phenoxy) is 1. The van der Waals surface area contributed by atoms with Gasteiger partial charge >= 0.3 is 0 Å². The molecule has 0 saturated heterocycles. The van der Waals surface area contributed by atoms with Crippen molar-refractivity contribution in [3.63, 3.8) is 0 Å². The molecule has 0 heterocycles. The van der Waals surface area contributed by atoms with Crippen molar-refractivity contribution in [2.24, 2.45) is 0 Å². The van der Waals surface area contributed by atoms with Crippen molar-refractivity contribution in [1.29, 1.82) is 0 Å². The number of nitrogens with one attached hydrogen (secondary N) is 2. The summed E-state index contributed by atoms with van der Waals surface area (Å²) < 4.78 is 44.1. The van der Waals surface area contributed by atoms with Crippen LogP contribution in [-0.4, -0.2) is 27.2 Å². The lowest BCUT2D eigenvalue weighted by molar-refractivity contribution is -0.123. The first-order valence-corrected chi connectivity index (χ1v) is 11.1. The molecule has 0 aliphatic heterocycles. The number of rotatable bonds is 7. The van der Waals surface area contributed by atoms with Crippen LogP contribution >= 0.6 is 11.6 Å². The van der Waals surface area contributed by atoms with Crippen LogP contribution in [0, 0.1) is 5.82 Å². The van der Waals surface area contributed by atoms with Gasteiger partial charge in [-0.1, -0.05) is 44.5 Å². The van der Waals surface area contributed by atoms with Crippen molar-refractivity contribution in [3.05, 3.63) is 58.4 Å². The average molecular weight is 443 g/mol. The molecule has 0 aliphatic rings. The minimum atomic E-state index is -3.49. The van der Waals surface area contributed by atoms with E-state index in [-0.39, 0.29) is 29.8 Å². The SMILES string of the molecule is CC(C)(C)c1ccc(OCC(=O)NCc2ccc(NS(C)(=O)=O)cc2F)cc1Cl. The summed E-state index contributed by atoms with van der Waals surface area (Å²) in [7, 11) is -3.49. The maximum absolute atomic E-state index is 14.1. The van der Waals surface area contributed by atoms with Crippen LogP contribution in [0.25, 0.3) is 0 Å². The van der Waals surface area contributed by atoms with Gasteiger partial charge in [0.2, 0.25) is 10.0 Å². The molecule has 2 rings (SSSR count). The van der Waals surface area contributed by atoms with E-state index in [2.05, 4.69) is 10.0 Å². The molecule has 9 heteroatoms. The number of carbonyl (C=O) groups is 1. The Balaban J connectivity index is 1.90. The zero-order valence-electron chi connectivity index (χ0n) is 16.7. The largest absolute Gasteiger partial charge is 0.484 e. The number of halogens is 2. The molecule has 0 fully saturated rings. The lowest BCUT2D eigenvalue weighted by Gasteiger charge is -2.21. The van der Waals surface area contributed by atoms with E-state index in [4.69, 9.17) is 16.3 Å². The highest BCUT2D eigenvalue weighted by Gasteiger charge is 2.17. The first-order chi connectivity index (χ1) is 13.3. The van der Waals surface area contributed by atoms with Crippen LogP contribution in [0.2, 0.25) is 5.02 Å². The molecule has 0 bridgehead atoms. The molecule has 0 atom stereocenters. The molecule has 2 aromatic carbocycles. The molecule has 0 unspecified atom stereocenters. The molecular formula is C20H24ClFN2O4S. The number of anilines is 1. The van der Waals surface area contributed by atoms with E-state index >= 15 is 0 Å². The lowest BCUT2D eigenvalue weighted by atomic mass is 9.87. The second-order valence-electron chi connectivity index (χ2n) is 7.64. The van der Waals surface area contributed by atoms with E-state index in [1.165, 1.54) is 12.1 Å². The molecule has 0 aromatic heterocycles. The van der Waals surface area contributed by atoms with Crippen LogP contribution in [0.3, 0.4) is 0 Å². The van der Waals surface area contributed by atoms with Crippen LogP contribution in [0.5, 0.6) is 5.75 Å². The minimum absolute atomic E-state index is 0.0586. The summed E-state index contributed by atoms with van der Waals surface area (Å²) in [5, 5.41) is 3.11. The van der Waals surface area contributed by atoms with Gasteiger partial charge in [0.15, 0.2) is 6.61 Å². The monoisotopic (exact) mass is 442 g/mol. The van der Waals surface area contributed by atoms with Gasteiger partial charge in [0.1, 0.15) is 11.6 Å². The summed E-state index contributed by atoms with van der Waals surface area (Å²) >= 11 is 6.28. The van der Waals surface area contributed by atoms with Crippen molar-refractivity contribution < 1.29 is 22.3 Å². The molecule has 0 aliphatic carbocycles. The topological polar surface area (TPSA) is 84.5 Å². The number of amides is 1.